The van der Waals surface area contributed by atoms with E-state index >= 15 is 0 Å². The molecule has 0 aliphatic heterocycles. The fourth-order valence-corrected chi connectivity index (χ4v) is 4.05. The Balaban J connectivity index is 2.49. The molecule has 0 saturated heterocycles. The molecule has 2 nitrogen and oxygen atoms in total. The summed E-state index contributed by atoms with van der Waals surface area (Å²) in [6.45, 7) is 6.63. The first-order valence-electron chi connectivity index (χ1n) is 5.23. The molecular weight excluding hydrogens is 162 g/mol. The lowest BCUT2D eigenvalue weighted by atomic mass is 9.65. The van der Waals surface area contributed by atoms with Crippen LogP contribution in [0.2, 0.25) is 0 Å². The van der Waals surface area contributed by atoms with Gasteiger partial charge in [-0.1, -0.05) is 20.8 Å². The van der Waals surface area contributed by atoms with E-state index in [2.05, 4.69) is 20.8 Å². The number of amides is 1. The molecule has 0 aromatic carbocycles. The zero-order valence-corrected chi connectivity index (χ0v) is 8.76. The van der Waals surface area contributed by atoms with Crippen molar-refractivity contribution in [2.45, 2.75) is 40.0 Å². The Bertz CT molecular complexity index is 259. The van der Waals surface area contributed by atoms with Crippen LogP contribution < -0.4 is 5.73 Å². The smallest absolute Gasteiger partial charge is 0.224 e. The van der Waals surface area contributed by atoms with Crippen molar-refractivity contribution in [3.63, 3.8) is 0 Å². The minimum atomic E-state index is -0.197. The number of rotatable bonds is 1. The summed E-state index contributed by atoms with van der Waals surface area (Å²) in [7, 11) is 0. The van der Waals surface area contributed by atoms with Crippen molar-refractivity contribution in [2.75, 3.05) is 0 Å². The number of carbonyl (C=O) groups excluding carboxylic acids is 1. The molecular formula is C11H19NO. The lowest BCUT2D eigenvalue weighted by Crippen LogP contribution is -2.46. The summed E-state index contributed by atoms with van der Waals surface area (Å²) in [5, 5.41) is 0. The molecule has 1 amide bonds. The Kier molecular flexibility index (Phi) is 1.59. The molecule has 3 atom stereocenters. The van der Waals surface area contributed by atoms with E-state index in [1.807, 2.05) is 0 Å². The van der Waals surface area contributed by atoms with Gasteiger partial charge < -0.3 is 5.73 Å². The Morgan fingerprint density at radius 3 is 2.31 bits per heavy atom. The fourth-order valence-electron chi connectivity index (χ4n) is 4.05. The van der Waals surface area contributed by atoms with Crippen LogP contribution in [0.25, 0.3) is 0 Å². The number of fused-ring (bicyclic) bond motifs is 2. The highest BCUT2D eigenvalue weighted by Crippen LogP contribution is 2.67. The van der Waals surface area contributed by atoms with E-state index in [4.69, 9.17) is 5.73 Å². The number of carbonyl (C=O) groups is 1. The minimum absolute atomic E-state index is 0.0648. The summed E-state index contributed by atoms with van der Waals surface area (Å²) in [6, 6.07) is 0. The first-order chi connectivity index (χ1) is 5.93. The van der Waals surface area contributed by atoms with Crippen molar-refractivity contribution in [1.82, 2.24) is 0 Å². The predicted molar refractivity (Wildman–Crippen MR) is 51.9 cm³/mol. The molecule has 13 heavy (non-hydrogen) atoms. The number of hydrogen-bond acceptors (Lipinski definition) is 1. The third-order valence-electron chi connectivity index (χ3n) is 4.98. The molecule has 2 aliphatic rings. The first kappa shape index (κ1) is 9.04. The minimum Gasteiger partial charge on any atom is -0.369 e. The van der Waals surface area contributed by atoms with Crippen LogP contribution in [0, 0.1) is 22.7 Å². The van der Waals surface area contributed by atoms with Crippen molar-refractivity contribution in [1.29, 1.82) is 0 Å². The van der Waals surface area contributed by atoms with Crippen LogP contribution in [0.1, 0.15) is 40.0 Å². The van der Waals surface area contributed by atoms with E-state index in [0.29, 0.717) is 5.92 Å². The van der Waals surface area contributed by atoms with Crippen LogP contribution in [0.4, 0.5) is 0 Å². The largest absolute Gasteiger partial charge is 0.369 e. The van der Waals surface area contributed by atoms with Gasteiger partial charge in [0.1, 0.15) is 0 Å². The standard InChI is InChI=1S/C11H19NO/c1-7-6-8-4-5-11(7,9(12)13)10(8,2)3/h7-8H,4-6H2,1-3H3,(H2,12,13)/t7-,8+,11-/m0/s1. The summed E-state index contributed by atoms with van der Waals surface area (Å²) in [5.74, 6) is 1.14. The first-order valence-corrected chi connectivity index (χ1v) is 5.23. The average molecular weight is 181 g/mol. The SMILES string of the molecule is C[C@H]1C[C@H]2CC[C@]1(C(N)=O)C2(C)C. The zero-order valence-electron chi connectivity index (χ0n) is 8.76. The van der Waals surface area contributed by atoms with E-state index < -0.39 is 0 Å². The maximum Gasteiger partial charge on any atom is 0.224 e. The average Bonchev–Trinajstić information content (AvgIpc) is 2.35. The molecule has 2 fully saturated rings. The van der Waals surface area contributed by atoms with Crippen molar-refractivity contribution in [3.8, 4) is 0 Å². The van der Waals surface area contributed by atoms with Gasteiger partial charge in [0, 0.05) is 0 Å². The third kappa shape index (κ3) is 0.773. The summed E-state index contributed by atoms with van der Waals surface area (Å²) in [6.07, 6.45) is 3.40. The Hall–Kier alpha value is -0.530. The van der Waals surface area contributed by atoms with Crippen LogP contribution in [-0.4, -0.2) is 5.91 Å². The molecule has 2 aliphatic carbocycles. The van der Waals surface area contributed by atoms with Crippen LogP contribution in [0.5, 0.6) is 0 Å². The second-order valence-electron chi connectivity index (χ2n) is 5.43. The predicted octanol–water partition coefficient (Wildman–Crippen LogP) is 1.93. The van der Waals surface area contributed by atoms with Crippen molar-refractivity contribution >= 4 is 5.91 Å². The lowest BCUT2D eigenvalue weighted by molar-refractivity contribution is -0.134. The van der Waals surface area contributed by atoms with Gasteiger partial charge in [0.25, 0.3) is 0 Å². The van der Waals surface area contributed by atoms with Crippen LogP contribution in [0.3, 0.4) is 0 Å². The number of nitrogens with two attached hydrogens (primary N) is 1. The van der Waals surface area contributed by atoms with Gasteiger partial charge in [-0.05, 0) is 36.5 Å². The fraction of sp³-hybridized carbons (Fsp3) is 0.909. The molecule has 2 heteroatoms. The van der Waals surface area contributed by atoms with Gasteiger partial charge in [-0.2, -0.15) is 0 Å². The number of primary amides is 1. The summed E-state index contributed by atoms with van der Waals surface area (Å²) < 4.78 is 0. The molecule has 2 N–H and O–H groups in total. The van der Waals surface area contributed by atoms with Crippen LogP contribution in [0.15, 0.2) is 0 Å². The van der Waals surface area contributed by atoms with Crippen LogP contribution >= 0.6 is 0 Å². The lowest BCUT2D eigenvalue weighted by Gasteiger charge is -2.38. The second-order valence-corrected chi connectivity index (χ2v) is 5.43. The van der Waals surface area contributed by atoms with Gasteiger partial charge in [-0.25, -0.2) is 0 Å². The molecule has 2 rings (SSSR count). The van der Waals surface area contributed by atoms with Gasteiger partial charge in [0.15, 0.2) is 0 Å². The molecule has 2 saturated carbocycles. The van der Waals surface area contributed by atoms with E-state index in [1.165, 1.54) is 12.8 Å². The molecule has 74 valence electrons. The molecule has 2 bridgehead atoms. The van der Waals surface area contributed by atoms with E-state index in [9.17, 15) is 4.79 Å². The van der Waals surface area contributed by atoms with Gasteiger partial charge in [-0.3, -0.25) is 4.79 Å². The molecule has 0 radical (unpaired) electrons. The second kappa shape index (κ2) is 2.28. The van der Waals surface area contributed by atoms with E-state index in [-0.39, 0.29) is 16.7 Å². The normalized spacial score (nSPS) is 46.7. The third-order valence-corrected chi connectivity index (χ3v) is 4.98. The van der Waals surface area contributed by atoms with Gasteiger partial charge in [0.05, 0.1) is 5.41 Å². The maximum absolute atomic E-state index is 11.6. The highest BCUT2D eigenvalue weighted by Gasteiger charge is 2.65. The molecule has 0 heterocycles. The summed E-state index contributed by atoms with van der Waals surface area (Å²) in [4.78, 5) is 11.6. The topological polar surface area (TPSA) is 43.1 Å². The summed E-state index contributed by atoms with van der Waals surface area (Å²) in [5.41, 5.74) is 5.54. The molecule has 0 aromatic rings. The highest BCUT2D eigenvalue weighted by molar-refractivity contribution is 5.83. The molecule has 0 aromatic heterocycles. The Morgan fingerprint density at radius 1 is 1.46 bits per heavy atom. The van der Waals surface area contributed by atoms with Crippen molar-refractivity contribution in [3.05, 3.63) is 0 Å². The molecule has 0 unspecified atom stereocenters. The van der Waals surface area contributed by atoms with Gasteiger partial charge in [-0.15, -0.1) is 0 Å². The van der Waals surface area contributed by atoms with Crippen LogP contribution in [-0.2, 0) is 4.79 Å². The molecule has 0 spiro atoms. The van der Waals surface area contributed by atoms with E-state index in [1.54, 1.807) is 0 Å². The Labute approximate surface area is 79.9 Å². The van der Waals surface area contributed by atoms with Crippen molar-refractivity contribution < 1.29 is 4.79 Å². The number of hydrogen-bond donors (Lipinski definition) is 1. The van der Waals surface area contributed by atoms with E-state index in [0.717, 1.165) is 12.3 Å². The quantitative estimate of drug-likeness (QED) is 0.660. The summed E-state index contributed by atoms with van der Waals surface area (Å²) >= 11 is 0. The highest BCUT2D eigenvalue weighted by atomic mass is 16.1. The van der Waals surface area contributed by atoms with Crippen molar-refractivity contribution in [2.24, 2.45) is 28.4 Å². The maximum atomic E-state index is 11.6. The van der Waals surface area contributed by atoms with Gasteiger partial charge >= 0.3 is 0 Å². The monoisotopic (exact) mass is 181 g/mol. The zero-order chi connectivity index (χ0) is 9.85. The van der Waals surface area contributed by atoms with Gasteiger partial charge in [0.2, 0.25) is 5.91 Å². The Morgan fingerprint density at radius 2 is 2.08 bits per heavy atom.